The number of methoxy groups -OCH3 is 2. The topological polar surface area (TPSA) is 35.5 Å². The SMILES string of the molecule is COc1ccc(C(=O)Cc2ccccc2Cl)c(OC)c1Br. The summed E-state index contributed by atoms with van der Waals surface area (Å²) in [6.45, 7) is 0. The lowest BCUT2D eigenvalue weighted by Crippen LogP contribution is -2.07. The van der Waals surface area contributed by atoms with Crippen LogP contribution in [0.15, 0.2) is 40.9 Å². The largest absolute Gasteiger partial charge is 0.495 e. The zero-order valence-corrected chi connectivity index (χ0v) is 14.0. The summed E-state index contributed by atoms with van der Waals surface area (Å²) in [5, 5.41) is 0.581. The van der Waals surface area contributed by atoms with E-state index in [0.717, 1.165) is 5.56 Å². The van der Waals surface area contributed by atoms with Crippen LogP contribution in [-0.4, -0.2) is 20.0 Å². The number of benzene rings is 2. The Hall–Kier alpha value is -1.52. The zero-order valence-electron chi connectivity index (χ0n) is 11.7. The molecule has 2 aromatic carbocycles. The molecular weight excluding hydrogens is 356 g/mol. The highest BCUT2D eigenvalue weighted by Crippen LogP contribution is 2.37. The summed E-state index contributed by atoms with van der Waals surface area (Å²) < 4.78 is 11.1. The van der Waals surface area contributed by atoms with Crippen molar-refractivity contribution >= 4 is 33.3 Å². The summed E-state index contributed by atoms with van der Waals surface area (Å²) in [6.07, 6.45) is 0.217. The Bertz CT molecular complexity index is 671. The maximum atomic E-state index is 12.5. The fourth-order valence-electron chi connectivity index (χ4n) is 2.02. The minimum Gasteiger partial charge on any atom is -0.495 e. The second-order valence-corrected chi connectivity index (χ2v) is 5.55. The Morgan fingerprint density at radius 2 is 1.86 bits per heavy atom. The summed E-state index contributed by atoms with van der Waals surface area (Å²) in [4.78, 5) is 12.5. The molecule has 0 radical (unpaired) electrons. The fraction of sp³-hybridized carbons (Fsp3) is 0.188. The first-order valence-electron chi connectivity index (χ1n) is 6.25. The molecule has 0 atom stereocenters. The molecule has 21 heavy (non-hydrogen) atoms. The summed E-state index contributed by atoms with van der Waals surface area (Å²) in [6, 6.07) is 10.7. The van der Waals surface area contributed by atoms with Crippen molar-refractivity contribution in [2.24, 2.45) is 0 Å². The maximum absolute atomic E-state index is 12.5. The third kappa shape index (κ3) is 3.39. The number of carbonyl (C=O) groups excluding carboxylic acids is 1. The Morgan fingerprint density at radius 3 is 2.48 bits per heavy atom. The van der Waals surface area contributed by atoms with Gasteiger partial charge in [-0.05, 0) is 39.7 Å². The molecule has 0 spiro atoms. The predicted octanol–water partition coefficient (Wildman–Crippen LogP) is 4.55. The van der Waals surface area contributed by atoms with Gasteiger partial charge in [0.2, 0.25) is 0 Å². The van der Waals surface area contributed by atoms with Gasteiger partial charge in [0.1, 0.15) is 16.0 Å². The van der Waals surface area contributed by atoms with Crippen molar-refractivity contribution in [3.05, 3.63) is 57.0 Å². The summed E-state index contributed by atoms with van der Waals surface area (Å²) in [7, 11) is 3.08. The van der Waals surface area contributed by atoms with Gasteiger partial charge in [0.25, 0.3) is 0 Å². The number of ketones is 1. The van der Waals surface area contributed by atoms with Gasteiger partial charge >= 0.3 is 0 Å². The highest BCUT2D eigenvalue weighted by molar-refractivity contribution is 9.10. The molecule has 0 aliphatic heterocycles. The molecule has 0 aliphatic rings. The lowest BCUT2D eigenvalue weighted by Gasteiger charge is -2.13. The van der Waals surface area contributed by atoms with Crippen LogP contribution >= 0.6 is 27.5 Å². The second kappa shape index (κ2) is 6.96. The molecule has 3 nitrogen and oxygen atoms in total. The van der Waals surface area contributed by atoms with Gasteiger partial charge in [-0.3, -0.25) is 4.79 Å². The van der Waals surface area contributed by atoms with Crippen molar-refractivity contribution in [1.82, 2.24) is 0 Å². The van der Waals surface area contributed by atoms with Gasteiger partial charge in [-0.1, -0.05) is 29.8 Å². The third-order valence-corrected chi connectivity index (χ3v) is 4.21. The first-order chi connectivity index (χ1) is 10.1. The average molecular weight is 370 g/mol. The number of rotatable bonds is 5. The lowest BCUT2D eigenvalue weighted by molar-refractivity contribution is 0.0990. The highest BCUT2D eigenvalue weighted by atomic mass is 79.9. The maximum Gasteiger partial charge on any atom is 0.171 e. The number of carbonyl (C=O) groups is 1. The number of halogens is 2. The molecule has 2 rings (SSSR count). The van der Waals surface area contributed by atoms with Crippen molar-refractivity contribution in [3.8, 4) is 11.5 Å². The molecule has 0 bridgehead atoms. The lowest BCUT2D eigenvalue weighted by atomic mass is 10.0. The number of hydrogen-bond donors (Lipinski definition) is 0. The number of ether oxygens (including phenoxy) is 2. The molecular formula is C16H14BrClO3. The molecule has 0 saturated carbocycles. The fourth-order valence-corrected chi connectivity index (χ4v) is 2.90. The quantitative estimate of drug-likeness (QED) is 0.726. The van der Waals surface area contributed by atoms with Crippen molar-refractivity contribution < 1.29 is 14.3 Å². The van der Waals surface area contributed by atoms with Crippen molar-refractivity contribution in [2.45, 2.75) is 6.42 Å². The Labute approximate surface area is 137 Å². The van der Waals surface area contributed by atoms with E-state index in [1.807, 2.05) is 18.2 Å². The van der Waals surface area contributed by atoms with Crippen LogP contribution in [0.4, 0.5) is 0 Å². The van der Waals surface area contributed by atoms with E-state index in [0.29, 0.717) is 26.6 Å². The van der Waals surface area contributed by atoms with Crippen LogP contribution < -0.4 is 9.47 Å². The molecule has 110 valence electrons. The van der Waals surface area contributed by atoms with Gasteiger partial charge in [0.05, 0.1) is 19.8 Å². The molecule has 0 aliphatic carbocycles. The average Bonchev–Trinajstić information content (AvgIpc) is 2.49. The Morgan fingerprint density at radius 1 is 1.14 bits per heavy atom. The van der Waals surface area contributed by atoms with Crippen LogP contribution in [0.5, 0.6) is 11.5 Å². The minimum absolute atomic E-state index is 0.0664. The molecule has 0 unspecified atom stereocenters. The van der Waals surface area contributed by atoms with E-state index in [1.165, 1.54) is 7.11 Å². The second-order valence-electron chi connectivity index (χ2n) is 4.35. The van der Waals surface area contributed by atoms with Gasteiger partial charge in [-0.15, -0.1) is 0 Å². The monoisotopic (exact) mass is 368 g/mol. The van der Waals surface area contributed by atoms with Crippen LogP contribution in [0.25, 0.3) is 0 Å². The van der Waals surface area contributed by atoms with Gasteiger partial charge in [0.15, 0.2) is 5.78 Å². The predicted molar refractivity (Wildman–Crippen MR) is 86.7 cm³/mol. The molecule has 0 heterocycles. The van der Waals surface area contributed by atoms with Crippen molar-refractivity contribution in [3.63, 3.8) is 0 Å². The van der Waals surface area contributed by atoms with Crippen LogP contribution in [0, 0.1) is 0 Å². The molecule has 0 aromatic heterocycles. The molecule has 0 N–H and O–H groups in total. The summed E-state index contributed by atoms with van der Waals surface area (Å²) in [5.41, 5.74) is 1.28. The van der Waals surface area contributed by atoms with Crippen LogP contribution in [0.3, 0.4) is 0 Å². The van der Waals surface area contributed by atoms with Gasteiger partial charge in [-0.2, -0.15) is 0 Å². The smallest absolute Gasteiger partial charge is 0.171 e. The van der Waals surface area contributed by atoms with E-state index in [2.05, 4.69) is 15.9 Å². The highest BCUT2D eigenvalue weighted by Gasteiger charge is 2.19. The Balaban J connectivity index is 2.36. The molecule has 5 heteroatoms. The number of hydrogen-bond acceptors (Lipinski definition) is 3. The zero-order chi connectivity index (χ0) is 15.4. The molecule has 0 amide bonds. The van der Waals surface area contributed by atoms with E-state index in [9.17, 15) is 4.79 Å². The van der Waals surface area contributed by atoms with E-state index in [4.69, 9.17) is 21.1 Å². The van der Waals surface area contributed by atoms with Gasteiger partial charge < -0.3 is 9.47 Å². The molecule has 0 fully saturated rings. The molecule has 2 aromatic rings. The van der Waals surface area contributed by atoms with E-state index < -0.39 is 0 Å². The third-order valence-electron chi connectivity index (χ3n) is 3.09. The standard InChI is InChI=1S/C16H14BrClO3/c1-20-14-8-7-11(16(21-2)15(14)17)13(19)9-10-5-3-4-6-12(10)18/h3-8H,9H2,1-2H3. The van der Waals surface area contributed by atoms with Gasteiger partial charge in [0, 0.05) is 11.4 Å². The molecule has 0 saturated heterocycles. The van der Waals surface area contributed by atoms with Crippen LogP contribution in [0.2, 0.25) is 5.02 Å². The summed E-state index contributed by atoms with van der Waals surface area (Å²) in [5.74, 6) is 1.01. The normalized spacial score (nSPS) is 10.3. The van der Waals surface area contributed by atoms with Gasteiger partial charge in [-0.25, -0.2) is 0 Å². The minimum atomic E-state index is -0.0664. The first-order valence-corrected chi connectivity index (χ1v) is 7.42. The Kier molecular flexibility index (Phi) is 5.26. The number of Topliss-reactive ketones (excluding diaryl/α,β-unsaturated/α-hetero) is 1. The van der Waals surface area contributed by atoms with Crippen molar-refractivity contribution in [2.75, 3.05) is 14.2 Å². The van der Waals surface area contributed by atoms with Crippen LogP contribution in [0.1, 0.15) is 15.9 Å². The van der Waals surface area contributed by atoms with Crippen molar-refractivity contribution in [1.29, 1.82) is 0 Å². The summed E-state index contributed by atoms with van der Waals surface area (Å²) >= 11 is 9.49. The van der Waals surface area contributed by atoms with E-state index >= 15 is 0 Å². The first kappa shape index (κ1) is 15.9. The van der Waals surface area contributed by atoms with Crippen LogP contribution in [-0.2, 0) is 6.42 Å². The van der Waals surface area contributed by atoms with E-state index in [1.54, 1.807) is 25.3 Å². The van der Waals surface area contributed by atoms with E-state index in [-0.39, 0.29) is 12.2 Å².